The van der Waals surface area contributed by atoms with E-state index in [1.54, 1.807) is 6.07 Å². The van der Waals surface area contributed by atoms with E-state index in [1.807, 2.05) is 19.1 Å². The summed E-state index contributed by atoms with van der Waals surface area (Å²) in [4.78, 5) is 11.2. The van der Waals surface area contributed by atoms with Crippen molar-refractivity contribution in [3.8, 4) is 0 Å². The molecule has 1 aliphatic rings. The number of carbonyl (C=O) groups is 1. The van der Waals surface area contributed by atoms with Gasteiger partial charge in [-0.3, -0.25) is 4.79 Å². The van der Waals surface area contributed by atoms with Crippen molar-refractivity contribution in [2.24, 2.45) is 5.73 Å². The van der Waals surface area contributed by atoms with Gasteiger partial charge in [0.05, 0.1) is 6.04 Å². The summed E-state index contributed by atoms with van der Waals surface area (Å²) in [5.74, 6) is -0.382. The molecule has 3 N–H and O–H groups in total. The average molecular weight is 280 g/mol. The van der Waals surface area contributed by atoms with Gasteiger partial charge in [0.15, 0.2) is 0 Å². The average Bonchev–Trinajstić information content (AvgIpc) is 2.49. The van der Waals surface area contributed by atoms with Crippen molar-refractivity contribution in [2.45, 2.75) is 32.2 Å². The van der Waals surface area contributed by atoms with Gasteiger partial charge in [-0.15, -0.1) is 0 Å². The van der Waals surface area contributed by atoms with Gasteiger partial charge >= 0.3 is 0 Å². The van der Waals surface area contributed by atoms with E-state index >= 15 is 0 Å². The first-order valence-electron chi connectivity index (χ1n) is 7.40. The van der Waals surface area contributed by atoms with Crippen LogP contribution in [-0.4, -0.2) is 5.91 Å². The molecule has 2 aromatic carbocycles. The molecule has 108 valence electrons. The third-order valence-electron chi connectivity index (χ3n) is 4.21. The van der Waals surface area contributed by atoms with E-state index in [1.165, 1.54) is 17.5 Å². The highest BCUT2D eigenvalue weighted by Gasteiger charge is 2.20. The summed E-state index contributed by atoms with van der Waals surface area (Å²) in [5, 5.41) is 3.62. The van der Waals surface area contributed by atoms with E-state index < -0.39 is 0 Å². The van der Waals surface area contributed by atoms with E-state index in [4.69, 9.17) is 5.73 Å². The summed E-state index contributed by atoms with van der Waals surface area (Å²) >= 11 is 0. The first kappa shape index (κ1) is 13.7. The monoisotopic (exact) mass is 280 g/mol. The summed E-state index contributed by atoms with van der Waals surface area (Å²) in [6.45, 7) is 2.00. The van der Waals surface area contributed by atoms with Crippen LogP contribution in [-0.2, 0) is 6.42 Å². The number of primary amides is 1. The summed E-state index contributed by atoms with van der Waals surface area (Å²) in [6, 6.07) is 14.5. The molecule has 21 heavy (non-hydrogen) atoms. The number of carbonyl (C=O) groups excluding carboxylic acids is 1. The van der Waals surface area contributed by atoms with Gasteiger partial charge in [0.25, 0.3) is 0 Å². The van der Waals surface area contributed by atoms with Crippen molar-refractivity contribution in [2.75, 3.05) is 5.32 Å². The second-order valence-corrected chi connectivity index (χ2v) is 5.68. The van der Waals surface area contributed by atoms with Crippen LogP contribution in [0.4, 0.5) is 5.69 Å². The minimum atomic E-state index is -0.382. The first-order valence-corrected chi connectivity index (χ1v) is 7.40. The maximum atomic E-state index is 11.2. The Hall–Kier alpha value is -2.29. The van der Waals surface area contributed by atoms with Crippen molar-refractivity contribution in [3.63, 3.8) is 0 Å². The lowest BCUT2D eigenvalue weighted by atomic mass is 9.87. The van der Waals surface area contributed by atoms with Crippen LogP contribution >= 0.6 is 0 Å². The largest absolute Gasteiger partial charge is 0.378 e. The lowest BCUT2D eigenvalue weighted by Crippen LogP contribution is -2.18. The molecule has 0 radical (unpaired) electrons. The summed E-state index contributed by atoms with van der Waals surface area (Å²) in [6.07, 6.45) is 3.50. The Morgan fingerprint density at radius 1 is 1.24 bits per heavy atom. The molecule has 2 aromatic rings. The Balaban J connectivity index is 1.86. The molecular weight excluding hydrogens is 260 g/mol. The Kier molecular flexibility index (Phi) is 3.65. The second kappa shape index (κ2) is 5.60. The number of benzene rings is 2. The molecule has 3 nitrogen and oxygen atoms in total. The molecule has 0 spiro atoms. The molecule has 0 fully saturated rings. The fourth-order valence-corrected chi connectivity index (χ4v) is 3.07. The van der Waals surface area contributed by atoms with Crippen molar-refractivity contribution in [1.29, 1.82) is 0 Å². The van der Waals surface area contributed by atoms with Crippen LogP contribution in [0.5, 0.6) is 0 Å². The van der Waals surface area contributed by atoms with Gasteiger partial charge < -0.3 is 11.1 Å². The van der Waals surface area contributed by atoms with Gasteiger partial charge in [0.2, 0.25) is 5.91 Å². The first-order chi connectivity index (χ1) is 10.1. The second-order valence-electron chi connectivity index (χ2n) is 5.68. The highest BCUT2D eigenvalue weighted by molar-refractivity contribution is 5.93. The van der Waals surface area contributed by atoms with Crippen LogP contribution in [0.25, 0.3) is 0 Å². The number of hydrogen-bond donors (Lipinski definition) is 2. The molecule has 1 amide bonds. The zero-order valence-electron chi connectivity index (χ0n) is 12.2. The predicted molar refractivity (Wildman–Crippen MR) is 85.4 cm³/mol. The molecule has 0 aromatic heterocycles. The Labute approximate surface area is 125 Å². The van der Waals surface area contributed by atoms with Gasteiger partial charge in [-0.05, 0) is 61.1 Å². The van der Waals surface area contributed by atoms with Gasteiger partial charge in [-0.1, -0.05) is 24.3 Å². The molecule has 0 aliphatic heterocycles. The number of hydrogen-bond acceptors (Lipinski definition) is 2. The summed E-state index contributed by atoms with van der Waals surface area (Å²) < 4.78 is 0. The zero-order chi connectivity index (χ0) is 14.8. The summed E-state index contributed by atoms with van der Waals surface area (Å²) in [5.41, 5.74) is 10.8. The van der Waals surface area contributed by atoms with E-state index in [0.717, 1.165) is 24.1 Å². The van der Waals surface area contributed by atoms with Gasteiger partial charge in [-0.25, -0.2) is 0 Å². The van der Waals surface area contributed by atoms with Gasteiger partial charge in [-0.2, -0.15) is 0 Å². The molecule has 0 saturated carbocycles. The normalized spacial score (nSPS) is 17.1. The molecule has 3 heteroatoms. The molecular formula is C18H20N2O. The topological polar surface area (TPSA) is 55.1 Å². The lowest BCUT2D eigenvalue weighted by molar-refractivity contribution is 0.1000. The molecule has 1 aliphatic carbocycles. The SMILES string of the molecule is Cc1cc(C(N)=O)ccc1NC1CCCc2ccccc21. The molecule has 1 unspecified atom stereocenters. The number of fused-ring (bicyclic) bond motifs is 1. The number of rotatable bonds is 3. The van der Waals surface area contributed by atoms with Crippen LogP contribution in [0.3, 0.4) is 0 Å². The molecule has 0 heterocycles. The van der Waals surface area contributed by atoms with Gasteiger partial charge in [0, 0.05) is 11.3 Å². The maximum Gasteiger partial charge on any atom is 0.248 e. The lowest BCUT2D eigenvalue weighted by Gasteiger charge is -2.28. The standard InChI is InChI=1S/C18H20N2O/c1-12-11-14(18(19)21)9-10-16(12)20-17-8-4-6-13-5-2-3-7-15(13)17/h2-3,5,7,9-11,17,20H,4,6,8H2,1H3,(H2,19,21). The fourth-order valence-electron chi connectivity index (χ4n) is 3.07. The quantitative estimate of drug-likeness (QED) is 0.902. The van der Waals surface area contributed by atoms with Crippen LogP contribution in [0.15, 0.2) is 42.5 Å². The number of anilines is 1. The minimum absolute atomic E-state index is 0.341. The number of nitrogens with one attached hydrogen (secondary N) is 1. The van der Waals surface area contributed by atoms with Crippen LogP contribution in [0.2, 0.25) is 0 Å². The van der Waals surface area contributed by atoms with E-state index in [9.17, 15) is 4.79 Å². The van der Waals surface area contributed by atoms with Crippen LogP contribution in [0, 0.1) is 6.92 Å². The highest BCUT2D eigenvalue weighted by atomic mass is 16.1. The van der Waals surface area contributed by atoms with Crippen molar-refractivity contribution in [3.05, 3.63) is 64.7 Å². The number of nitrogens with two attached hydrogens (primary N) is 1. The number of amides is 1. The van der Waals surface area contributed by atoms with E-state index in [2.05, 4.69) is 29.6 Å². The van der Waals surface area contributed by atoms with Crippen molar-refractivity contribution in [1.82, 2.24) is 0 Å². The van der Waals surface area contributed by atoms with E-state index in [-0.39, 0.29) is 5.91 Å². The van der Waals surface area contributed by atoms with Gasteiger partial charge in [0.1, 0.15) is 0 Å². The molecule has 0 saturated heterocycles. The molecule has 3 rings (SSSR count). The van der Waals surface area contributed by atoms with Crippen LogP contribution < -0.4 is 11.1 Å². The van der Waals surface area contributed by atoms with Crippen molar-refractivity contribution < 1.29 is 4.79 Å². The van der Waals surface area contributed by atoms with Crippen molar-refractivity contribution >= 4 is 11.6 Å². The summed E-state index contributed by atoms with van der Waals surface area (Å²) in [7, 11) is 0. The number of aryl methyl sites for hydroxylation is 2. The third-order valence-corrected chi connectivity index (χ3v) is 4.21. The minimum Gasteiger partial charge on any atom is -0.378 e. The maximum absolute atomic E-state index is 11.2. The Morgan fingerprint density at radius 2 is 2.05 bits per heavy atom. The molecule has 1 atom stereocenters. The smallest absolute Gasteiger partial charge is 0.248 e. The highest BCUT2D eigenvalue weighted by Crippen LogP contribution is 2.33. The van der Waals surface area contributed by atoms with E-state index in [0.29, 0.717) is 11.6 Å². The van der Waals surface area contributed by atoms with Crippen LogP contribution in [0.1, 0.15) is 45.9 Å². The third kappa shape index (κ3) is 2.77. The zero-order valence-corrected chi connectivity index (χ0v) is 12.2. The predicted octanol–water partition coefficient (Wildman–Crippen LogP) is 3.58. The molecule has 0 bridgehead atoms. The Morgan fingerprint density at radius 3 is 2.81 bits per heavy atom. The fraction of sp³-hybridized carbons (Fsp3) is 0.278. The Bertz CT molecular complexity index is 679.